The second-order valence-electron chi connectivity index (χ2n) is 2.67. The molecular weight excluding hydrogens is 224 g/mol. The van der Waals surface area contributed by atoms with E-state index in [-0.39, 0.29) is 0 Å². The van der Waals surface area contributed by atoms with Gasteiger partial charge in [0.05, 0.1) is 14.2 Å². The van der Waals surface area contributed by atoms with Crippen LogP contribution in [0.15, 0.2) is 0 Å². The molecule has 7 heteroatoms. The van der Waals surface area contributed by atoms with Gasteiger partial charge in [-0.05, 0) is 0 Å². The third kappa shape index (κ3) is 2.01. The number of methoxy groups -OCH3 is 2. The monoisotopic (exact) mass is 232 g/mol. The Kier molecular flexibility index (Phi) is 3.46. The van der Waals surface area contributed by atoms with E-state index in [0.717, 1.165) is 14.2 Å². The van der Waals surface area contributed by atoms with E-state index in [1.54, 1.807) is 0 Å². The number of carbonyl (C=O) groups excluding carboxylic acids is 4. The van der Waals surface area contributed by atoms with Crippen LogP contribution >= 0.6 is 11.8 Å². The van der Waals surface area contributed by atoms with Crippen LogP contribution in [0.25, 0.3) is 0 Å². The van der Waals surface area contributed by atoms with E-state index in [1.165, 1.54) is 0 Å². The van der Waals surface area contributed by atoms with Crippen molar-refractivity contribution in [3.63, 3.8) is 0 Å². The molecule has 0 aromatic heterocycles. The van der Waals surface area contributed by atoms with Crippen molar-refractivity contribution >= 4 is 35.3 Å². The molecule has 0 aliphatic carbocycles. The van der Waals surface area contributed by atoms with E-state index in [0.29, 0.717) is 11.8 Å². The lowest BCUT2D eigenvalue weighted by atomic mass is 10.1. The highest BCUT2D eigenvalue weighted by Crippen LogP contribution is 2.30. The first kappa shape index (κ1) is 11.7. The van der Waals surface area contributed by atoms with Crippen LogP contribution in [0.2, 0.25) is 0 Å². The van der Waals surface area contributed by atoms with Gasteiger partial charge >= 0.3 is 11.9 Å². The van der Waals surface area contributed by atoms with E-state index in [9.17, 15) is 19.2 Å². The smallest absolute Gasteiger partial charge is 0.327 e. The molecule has 1 aliphatic heterocycles. The minimum absolute atomic E-state index is 0.644. The third-order valence-corrected chi connectivity index (χ3v) is 3.18. The number of ether oxygens (including phenoxy) is 2. The molecule has 1 rings (SSSR count). The Bertz CT molecular complexity index is 304. The Morgan fingerprint density at radius 2 is 1.33 bits per heavy atom. The number of Topliss-reactive ketones (excluding diaryl/α,β-unsaturated/α-hetero) is 2. The molecule has 82 valence electrons. The van der Waals surface area contributed by atoms with Gasteiger partial charge in [-0.2, -0.15) is 0 Å². The summed E-state index contributed by atoms with van der Waals surface area (Å²) in [4.78, 5) is 44.6. The van der Waals surface area contributed by atoms with Crippen molar-refractivity contribution in [2.45, 2.75) is 10.5 Å². The Balaban J connectivity index is 2.85. The van der Waals surface area contributed by atoms with E-state index in [1.807, 2.05) is 0 Å². The first-order valence-electron chi connectivity index (χ1n) is 3.92. The Labute approximate surface area is 89.3 Å². The van der Waals surface area contributed by atoms with Gasteiger partial charge in [-0.3, -0.25) is 19.2 Å². The number of thioether (sulfide) groups is 1. The molecule has 15 heavy (non-hydrogen) atoms. The molecule has 2 unspecified atom stereocenters. The van der Waals surface area contributed by atoms with Crippen LogP contribution in [0.3, 0.4) is 0 Å². The maximum Gasteiger partial charge on any atom is 0.327 e. The van der Waals surface area contributed by atoms with Gasteiger partial charge in [-0.15, -0.1) is 11.8 Å². The minimum Gasteiger partial charge on any atom is -0.468 e. The van der Waals surface area contributed by atoms with Gasteiger partial charge in [0.15, 0.2) is 10.5 Å². The van der Waals surface area contributed by atoms with Crippen molar-refractivity contribution in [3.8, 4) is 0 Å². The molecule has 0 radical (unpaired) electrons. The van der Waals surface area contributed by atoms with Gasteiger partial charge in [0.25, 0.3) is 0 Å². The molecule has 0 amide bonds. The number of ketones is 2. The first-order chi connectivity index (χ1) is 7.02. The molecular formula is C8H8O6S. The molecule has 0 aromatic carbocycles. The lowest BCUT2D eigenvalue weighted by Crippen LogP contribution is -2.30. The van der Waals surface area contributed by atoms with Gasteiger partial charge in [0.1, 0.15) is 0 Å². The Hall–Kier alpha value is -1.37. The zero-order valence-electron chi connectivity index (χ0n) is 8.01. The van der Waals surface area contributed by atoms with Crippen molar-refractivity contribution in [2.24, 2.45) is 0 Å². The highest BCUT2D eigenvalue weighted by molar-refractivity contribution is 8.04. The predicted octanol–water partition coefficient (Wildman–Crippen LogP) is -1.05. The van der Waals surface area contributed by atoms with Gasteiger partial charge in [-0.1, -0.05) is 0 Å². The first-order valence-corrected chi connectivity index (χ1v) is 4.86. The van der Waals surface area contributed by atoms with Gasteiger partial charge in [0.2, 0.25) is 11.6 Å². The second-order valence-corrected chi connectivity index (χ2v) is 3.89. The largest absolute Gasteiger partial charge is 0.468 e. The summed E-state index contributed by atoms with van der Waals surface area (Å²) >= 11 is 0.644. The summed E-state index contributed by atoms with van der Waals surface area (Å²) in [5.41, 5.74) is 0. The van der Waals surface area contributed by atoms with Crippen molar-refractivity contribution < 1.29 is 28.7 Å². The second kappa shape index (κ2) is 4.43. The van der Waals surface area contributed by atoms with Crippen molar-refractivity contribution in [1.82, 2.24) is 0 Å². The van der Waals surface area contributed by atoms with E-state index in [2.05, 4.69) is 9.47 Å². The molecule has 0 bridgehead atoms. The maximum absolute atomic E-state index is 11.3. The van der Waals surface area contributed by atoms with Gasteiger partial charge in [0, 0.05) is 0 Å². The predicted molar refractivity (Wildman–Crippen MR) is 49.2 cm³/mol. The summed E-state index contributed by atoms with van der Waals surface area (Å²) in [5.74, 6) is -3.49. The molecule has 2 atom stereocenters. The summed E-state index contributed by atoms with van der Waals surface area (Å²) in [6, 6.07) is 0. The fraction of sp³-hybridized carbons (Fsp3) is 0.500. The van der Waals surface area contributed by atoms with Crippen LogP contribution in [0.1, 0.15) is 0 Å². The molecule has 0 spiro atoms. The fourth-order valence-corrected chi connectivity index (χ4v) is 2.22. The number of carbonyl (C=O) groups is 4. The summed E-state index contributed by atoms with van der Waals surface area (Å²) in [6.07, 6.45) is 0. The molecule has 1 fully saturated rings. The van der Waals surface area contributed by atoms with E-state index in [4.69, 9.17) is 0 Å². The highest BCUT2D eigenvalue weighted by atomic mass is 32.2. The zero-order valence-corrected chi connectivity index (χ0v) is 8.83. The number of rotatable bonds is 2. The minimum atomic E-state index is -1.24. The number of hydrogen-bond donors (Lipinski definition) is 0. The molecule has 1 aliphatic rings. The van der Waals surface area contributed by atoms with Crippen LogP contribution in [-0.2, 0) is 28.7 Å². The average molecular weight is 232 g/mol. The van der Waals surface area contributed by atoms with Crippen molar-refractivity contribution in [3.05, 3.63) is 0 Å². The molecule has 0 saturated carbocycles. The SMILES string of the molecule is COC(=O)C1SC(C(=O)OC)C(=O)C1=O. The zero-order chi connectivity index (χ0) is 11.6. The van der Waals surface area contributed by atoms with Crippen LogP contribution in [0.5, 0.6) is 0 Å². The van der Waals surface area contributed by atoms with Crippen molar-refractivity contribution in [1.29, 1.82) is 0 Å². The van der Waals surface area contributed by atoms with Crippen LogP contribution in [0, 0.1) is 0 Å². The lowest BCUT2D eigenvalue weighted by molar-refractivity contribution is -0.148. The highest BCUT2D eigenvalue weighted by Gasteiger charge is 2.50. The summed E-state index contributed by atoms with van der Waals surface area (Å²) in [5, 5.41) is -2.49. The maximum atomic E-state index is 11.3. The van der Waals surface area contributed by atoms with Gasteiger partial charge in [-0.25, -0.2) is 0 Å². The van der Waals surface area contributed by atoms with Crippen LogP contribution < -0.4 is 0 Å². The number of hydrogen-bond acceptors (Lipinski definition) is 7. The average Bonchev–Trinajstić information content (AvgIpc) is 2.54. The van der Waals surface area contributed by atoms with E-state index >= 15 is 0 Å². The van der Waals surface area contributed by atoms with Gasteiger partial charge < -0.3 is 9.47 Å². The Morgan fingerprint density at radius 1 is 1.00 bits per heavy atom. The molecule has 0 aromatic rings. The molecule has 0 N–H and O–H groups in total. The topological polar surface area (TPSA) is 86.7 Å². The standard InChI is InChI=1S/C8H8O6S/c1-13-7(11)5-3(9)4(10)6(15-5)8(12)14-2/h5-6H,1-2H3. The summed E-state index contributed by atoms with van der Waals surface area (Å²) in [6.45, 7) is 0. The summed E-state index contributed by atoms with van der Waals surface area (Å²) < 4.78 is 8.66. The summed E-state index contributed by atoms with van der Waals surface area (Å²) in [7, 11) is 2.21. The number of esters is 2. The van der Waals surface area contributed by atoms with Crippen molar-refractivity contribution in [2.75, 3.05) is 14.2 Å². The lowest BCUT2D eigenvalue weighted by Gasteiger charge is -2.04. The van der Waals surface area contributed by atoms with Crippen LogP contribution in [-0.4, -0.2) is 48.2 Å². The third-order valence-electron chi connectivity index (χ3n) is 1.82. The van der Waals surface area contributed by atoms with Crippen LogP contribution in [0.4, 0.5) is 0 Å². The van der Waals surface area contributed by atoms with E-state index < -0.39 is 34.0 Å². The molecule has 6 nitrogen and oxygen atoms in total. The quantitative estimate of drug-likeness (QED) is 0.341. The Morgan fingerprint density at radius 3 is 1.60 bits per heavy atom. The molecule has 1 saturated heterocycles. The normalized spacial score (nSPS) is 25.2. The fourth-order valence-electron chi connectivity index (χ4n) is 1.06. The molecule has 1 heterocycles.